The number of benzene rings is 2. The van der Waals surface area contributed by atoms with E-state index in [0.29, 0.717) is 30.3 Å². The van der Waals surface area contributed by atoms with Gasteiger partial charge in [0.15, 0.2) is 29.7 Å². The van der Waals surface area contributed by atoms with Crippen LogP contribution in [0.1, 0.15) is 42.6 Å². The zero-order valence-corrected chi connectivity index (χ0v) is 19.1. The Hall–Kier alpha value is -3.61. The van der Waals surface area contributed by atoms with Crippen LogP contribution < -0.4 is 14.4 Å². The Bertz CT molecular complexity index is 1130. The first-order chi connectivity index (χ1) is 15.8. The lowest BCUT2D eigenvalue weighted by molar-refractivity contribution is -0.146. The molecule has 0 spiro atoms. The number of hydrogen-bond donors (Lipinski definition) is 0. The first-order valence-electron chi connectivity index (χ1n) is 10.9. The molecule has 33 heavy (non-hydrogen) atoms. The highest BCUT2D eigenvalue weighted by atomic mass is 16.6. The molecule has 7 nitrogen and oxygen atoms in total. The third-order valence-electron chi connectivity index (χ3n) is 6.03. The molecule has 0 atom stereocenters. The Morgan fingerprint density at radius 3 is 2.52 bits per heavy atom. The number of para-hydroxylation sites is 1. The number of nitrogens with zero attached hydrogens (tertiary/aromatic N) is 1. The van der Waals surface area contributed by atoms with Crippen molar-refractivity contribution in [1.29, 1.82) is 0 Å². The molecule has 2 aliphatic rings. The molecule has 0 saturated heterocycles. The van der Waals surface area contributed by atoms with Crippen molar-refractivity contribution < 1.29 is 28.6 Å². The number of fused-ring (bicyclic) bond motifs is 2. The summed E-state index contributed by atoms with van der Waals surface area (Å²) in [5, 5.41) is 0. The minimum absolute atomic E-state index is 0.0150. The van der Waals surface area contributed by atoms with Crippen molar-refractivity contribution in [3.63, 3.8) is 0 Å². The second-order valence-corrected chi connectivity index (χ2v) is 8.64. The number of ketones is 2. The first kappa shape index (κ1) is 22.6. The van der Waals surface area contributed by atoms with Crippen LogP contribution in [0.4, 0.5) is 5.69 Å². The molecule has 4 rings (SSSR count). The summed E-state index contributed by atoms with van der Waals surface area (Å²) >= 11 is 0. The Labute approximate surface area is 192 Å². The van der Waals surface area contributed by atoms with Gasteiger partial charge in [0.2, 0.25) is 0 Å². The Morgan fingerprint density at radius 1 is 1.03 bits per heavy atom. The Morgan fingerprint density at radius 2 is 1.76 bits per heavy atom. The summed E-state index contributed by atoms with van der Waals surface area (Å²) in [6.45, 7) is 4.66. The Balaban J connectivity index is 1.29. The summed E-state index contributed by atoms with van der Waals surface area (Å²) in [6, 6.07) is 13.0. The van der Waals surface area contributed by atoms with Gasteiger partial charge in [-0.2, -0.15) is 0 Å². The zero-order chi connectivity index (χ0) is 23.6. The minimum Gasteiger partial charge on any atom is -0.486 e. The maximum absolute atomic E-state index is 12.5. The SMILES string of the molecule is CN1C(=CC(=O)COC(=O)CCC(=O)c2ccc3c(c2)OCCO3)C(C)(C)c2ccccc21. The van der Waals surface area contributed by atoms with Gasteiger partial charge in [-0.05, 0) is 29.8 Å². The van der Waals surface area contributed by atoms with Crippen molar-refractivity contribution in [2.24, 2.45) is 0 Å². The van der Waals surface area contributed by atoms with E-state index in [1.807, 2.05) is 30.1 Å². The summed E-state index contributed by atoms with van der Waals surface area (Å²) in [7, 11) is 1.92. The van der Waals surface area contributed by atoms with Crippen molar-refractivity contribution in [1.82, 2.24) is 0 Å². The van der Waals surface area contributed by atoms with Crippen LogP contribution in [0.15, 0.2) is 54.2 Å². The highest BCUT2D eigenvalue weighted by Gasteiger charge is 2.38. The van der Waals surface area contributed by atoms with E-state index in [-0.39, 0.29) is 36.4 Å². The van der Waals surface area contributed by atoms with Gasteiger partial charge in [0.1, 0.15) is 13.2 Å². The highest BCUT2D eigenvalue weighted by Crippen LogP contribution is 2.46. The lowest BCUT2D eigenvalue weighted by atomic mass is 9.83. The largest absolute Gasteiger partial charge is 0.486 e. The molecule has 0 N–H and O–H groups in total. The summed E-state index contributed by atoms with van der Waals surface area (Å²) < 4.78 is 16.1. The van der Waals surface area contributed by atoms with Gasteiger partial charge in [0, 0.05) is 41.9 Å². The number of esters is 1. The smallest absolute Gasteiger partial charge is 0.306 e. The van der Waals surface area contributed by atoms with Gasteiger partial charge in [-0.25, -0.2) is 0 Å². The third-order valence-corrected chi connectivity index (χ3v) is 6.03. The van der Waals surface area contributed by atoms with E-state index in [4.69, 9.17) is 14.2 Å². The van der Waals surface area contributed by atoms with Gasteiger partial charge in [-0.1, -0.05) is 32.0 Å². The van der Waals surface area contributed by atoms with E-state index in [1.165, 1.54) is 6.08 Å². The van der Waals surface area contributed by atoms with Crippen LogP contribution in [0.25, 0.3) is 0 Å². The van der Waals surface area contributed by atoms with E-state index in [1.54, 1.807) is 18.2 Å². The number of allylic oxidation sites excluding steroid dienone is 1. The van der Waals surface area contributed by atoms with Crippen LogP contribution in [0.2, 0.25) is 0 Å². The first-order valence-corrected chi connectivity index (χ1v) is 10.9. The predicted molar refractivity (Wildman–Crippen MR) is 123 cm³/mol. The average Bonchev–Trinajstić information content (AvgIpc) is 3.01. The third kappa shape index (κ3) is 4.62. The molecule has 0 fully saturated rings. The van der Waals surface area contributed by atoms with Crippen LogP contribution in [0.3, 0.4) is 0 Å². The quantitative estimate of drug-likeness (QED) is 0.361. The molecule has 7 heteroatoms. The molecule has 0 aliphatic carbocycles. The second-order valence-electron chi connectivity index (χ2n) is 8.64. The average molecular weight is 450 g/mol. The zero-order valence-electron chi connectivity index (χ0n) is 19.1. The molecule has 2 aliphatic heterocycles. The fourth-order valence-corrected chi connectivity index (χ4v) is 4.25. The summed E-state index contributed by atoms with van der Waals surface area (Å²) in [5.41, 5.74) is 3.15. The maximum atomic E-state index is 12.5. The maximum Gasteiger partial charge on any atom is 0.306 e. The highest BCUT2D eigenvalue weighted by molar-refractivity contribution is 5.98. The van der Waals surface area contributed by atoms with E-state index >= 15 is 0 Å². The van der Waals surface area contributed by atoms with Crippen molar-refractivity contribution in [3.8, 4) is 11.5 Å². The molecular formula is C26H27NO6. The standard InChI is InChI=1S/C26H27NO6/c1-26(2)19-6-4-5-7-20(19)27(3)24(26)15-18(28)16-33-25(30)11-9-21(29)17-8-10-22-23(14-17)32-13-12-31-22/h4-8,10,14-15H,9,11-13,16H2,1-3H3. The van der Waals surface area contributed by atoms with Gasteiger partial charge in [0.05, 0.1) is 6.42 Å². The van der Waals surface area contributed by atoms with Crippen LogP contribution in [-0.2, 0) is 19.7 Å². The molecule has 0 radical (unpaired) electrons. The van der Waals surface area contributed by atoms with Gasteiger partial charge < -0.3 is 19.1 Å². The normalized spacial score (nSPS) is 16.9. The predicted octanol–water partition coefficient (Wildman–Crippen LogP) is 3.84. The number of Topliss-reactive ketones (excluding diaryl/α,β-unsaturated/α-hetero) is 1. The molecule has 0 bridgehead atoms. The number of carbonyl (C=O) groups excluding carboxylic acids is 3. The van der Waals surface area contributed by atoms with Gasteiger partial charge >= 0.3 is 5.97 Å². The summed E-state index contributed by atoms with van der Waals surface area (Å²) in [6.07, 6.45) is 1.42. The molecule has 0 amide bonds. The van der Waals surface area contributed by atoms with Crippen molar-refractivity contribution in [3.05, 3.63) is 65.4 Å². The number of carbonyl (C=O) groups is 3. The number of hydrogen-bond acceptors (Lipinski definition) is 7. The number of ether oxygens (including phenoxy) is 3. The lowest BCUT2D eigenvalue weighted by Crippen LogP contribution is -2.25. The number of anilines is 1. The van der Waals surface area contributed by atoms with Crippen molar-refractivity contribution in [2.75, 3.05) is 31.8 Å². The van der Waals surface area contributed by atoms with Crippen molar-refractivity contribution >= 4 is 23.2 Å². The minimum atomic E-state index is -0.588. The van der Waals surface area contributed by atoms with Crippen LogP contribution >= 0.6 is 0 Å². The van der Waals surface area contributed by atoms with E-state index in [0.717, 1.165) is 16.9 Å². The van der Waals surface area contributed by atoms with Gasteiger partial charge in [-0.3, -0.25) is 14.4 Å². The van der Waals surface area contributed by atoms with Crippen LogP contribution in [-0.4, -0.2) is 44.4 Å². The monoisotopic (exact) mass is 449 g/mol. The fourth-order valence-electron chi connectivity index (χ4n) is 4.25. The Kier molecular flexibility index (Phi) is 6.22. The molecule has 2 aromatic carbocycles. The fraction of sp³-hybridized carbons (Fsp3) is 0.346. The molecule has 172 valence electrons. The molecule has 0 unspecified atom stereocenters. The van der Waals surface area contributed by atoms with E-state index in [2.05, 4.69) is 19.9 Å². The van der Waals surface area contributed by atoms with Crippen LogP contribution in [0.5, 0.6) is 11.5 Å². The summed E-state index contributed by atoms with van der Waals surface area (Å²) in [4.78, 5) is 39.1. The molecule has 2 heterocycles. The molecule has 0 saturated carbocycles. The number of likely N-dealkylation sites (N-methyl/N-ethyl adjacent to an activating group) is 1. The topological polar surface area (TPSA) is 82.1 Å². The van der Waals surface area contributed by atoms with E-state index < -0.39 is 5.97 Å². The second kappa shape index (κ2) is 9.10. The van der Waals surface area contributed by atoms with Crippen molar-refractivity contribution in [2.45, 2.75) is 32.1 Å². The van der Waals surface area contributed by atoms with Gasteiger partial charge in [0.25, 0.3) is 0 Å². The summed E-state index contributed by atoms with van der Waals surface area (Å²) in [5.74, 6) is 0.0305. The molecular weight excluding hydrogens is 422 g/mol. The molecule has 2 aromatic rings. The van der Waals surface area contributed by atoms with Crippen LogP contribution in [0, 0.1) is 0 Å². The van der Waals surface area contributed by atoms with E-state index in [9.17, 15) is 14.4 Å². The molecule has 0 aromatic heterocycles. The lowest BCUT2D eigenvalue weighted by Gasteiger charge is -2.23. The number of rotatable bonds is 7. The van der Waals surface area contributed by atoms with Gasteiger partial charge in [-0.15, -0.1) is 0 Å².